The topological polar surface area (TPSA) is 38.0 Å². The van der Waals surface area contributed by atoms with Crippen LogP contribution in [0.15, 0.2) is 16.8 Å². The van der Waals surface area contributed by atoms with E-state index < -0.39 is 12.2 Å². The van der Waals surface area contributed by atoms with Crippen LogP contribution in [-0.2, 0) is 6.42 Å². The molecule has 2 nitrogen and oxygen atoms in total. The highest BCUT2D eigenvalue weighted by Gasteiger charge is 2.38. The standard InChI is InChI=1S/C7H9F3N2S/c8-7(9,10)6(12-11)3-5-1-2-13-4-5/h1-2,4,6,12H,3,11H2. The normalized spacial score (nSPS) is 14.5. The summed E-state index contributed by atoms with van der Waals surface area (Å²) in [6, 6.07) is -0.0112. The molecule has 1 rings (SSSR count). The van der Waals surface area contributed by atoms with Crippen molar-refractivity contribution < 1.29 is 13.2 Å². The molecule has 0 saturated heterocycles. The molecule has 0 radical (unpaired) electrons. The van der Waals surface area contributed by atoms with Crippen molar-refractivity contribution in [1.82, 2.24) is 5.43 Å². The zero-order valence-corrected chi connectivity index (χ0v) is 7.45. The van der Waals surface area contributed by atoms with Crippen molar-refractivity contribution in [3.05, 3.63) is 22.4 Å². The van der Waals surface area contributed by atoms with Gasteiger partial charge in [0.05, 0.1) is 0 Å². The summed E-state index contributed by atoms with van der Waals surface area (Å²) >= 11 is 1.37. The summed E-state index contributed by atoms with van der Waals surface area (Å²) in [6.45, 7) is 0. The van der Waals surface area contributed by atoms with Crippen molar-refractivity contribution >= 4 is 11.3 Å². The minimum absolute atomic E-state index is 0.122. The Labute approximate surface area is 77.5 Å². The molecule has 6 heteroatoms. The van der Waals surface area contributed by atoms with Crippen LogP contribution in [0.2, 0.25) is 0 Å². The predicted molar refractivity (Wildman–Crippen MR) is 45.2 cm³/mol. The van der Waals surface area contributed by atoms with E-state index in [4.69, 9.17) is 5.84 Å². The highest BCUT2D eigenvalue weighted by molar-refractivity contribution is 7.07. The maximum absolute atomic E-state index is 12.2. The molecule has 0 aromatic carbocycles. The molecule has 0 saturated carbocycles. The zero-order chi connectivity index (χ0) is 9.90. The minimum Gasteiger partial charge on any atom is -0.271 e. The van der Waals surface area contributed by atoms with Gasteiger partial charge in [-0.1, -0.05) is 0 Å². The summed E-state index contributed by atoms with van der Waals surface area (Å²) in [5, 5.41) is 3.41. The van der Waals surface area contributed by atoms with Gasteiger partial charge in [0, 0.05) is 0 Å². The third-order valence-corrected chi connectivity index (χ3v) is 2.35. The average molecular weight is 210 g/mol. The lowest BCUT2D eigenvalue weighted by Gasteiger charge is -2.18. The fourth-order valence-electron chi connectivity index (χ4n) is 0.914. The van der Waals surface area contributed by atoms with Gasteiger partial charge in [-0.3, -0.25) is 5.84 Å². The summed E-state index contributed by atoms with van der Waals surface area (Å²) in [5.41, 5.74) is 2.40. The van der Waals surface area contributed by atoms with Crippen LogP contribution < -0.4 is 11.3 Å². The van der Waals surface area contributed by atoms with E-state index in [0.717, 1.165) is 0 Å². The van der Waals surface area contributed by atoms with E-state index in [9.17, 15) is 13.2 Å². The van der Waals surface area contributed by atoms with Gasteiger partial charge in [0.15, 0.2) is 0 Å². The van der Waals surface area contributed by atoms with Crippen LogP contribution in [0.4, 0.5) is 13.2 Å². The molecule has 1 aromatic heterocycles. The van der Waals surface area contributed by atoms with Crippen LogP contribution in [0, 0.1) is 0 Å². The zero-order valence-electron chi connectivity index (χ0n) is 6.64. The summed E-state index contributed by atoms with van der Waals surface area (Å²) in [5.74, 6) is 4.81. The SMILES string of the molecule is NNC(Cc1ccsc1)C(F)(F)F. The largest absolute Gasteiger partial charge is 0.405 e. The van der Waals surface area contributed by atoms with E-state index in [-0.39, 0.29) is 6.42 Å². The van der Waals surface area contributed by atoms with Gasteiger partial charge in [0.25, 0.3) is 0 Å². The van der Waals surface area contributed by atoms with Crippen LogP contribution in [0.25, 0.3) is 0 Å². The number of halogens is 3. The van der Waals surface area contributed by atoms with Gasteiger partial charge in [0.2, 0.25) is 0 Å². The smallest absolute Gasteiger partial charge is 0.271 e. The van der Waals surface area contributed by atoms with E-state index in [0.29, 0.717) is 5.56 Å². The maximum atomic E-state index is 12.2. The van der Waals surface area contributed by atoms with E-state index in [1.165, 1.54) is 11.3 Å². The number of alkyl halides is 3. The number of nitrogens with one attached hydrogen (secondary N) is 1. The Morgan fingerprint density at radius 2 is 2.23 bits per heavy atom. The second-order valence-corrected chi connectivity index (χ2v) is 3.38. The summed E-state index contributed by atoms with van der Waals surface area (Å²) in [4.78, 5) is 0. The van der Waals surface area contributed by atoms with Gasteiger partial charge in [-0.05, 0) is 28.8 Å². The summed E-state index contributed by atoms with van der Waals surface area (Å²) in [6.07, 6.45) is -4.42. The third kappa shape index (κ3) is 2.98. The third-order valence-electron chi connectivity index (χ3n) is 1.62. The fraction of sp³-hybridized carbons (Fsp3) is 0.429. The Bertz CT molecular complexity index is 245. The fourth-order valence-corrected chi connectivity index (χ4v) is 1.60. The van der Waals surface area contributed by atoms with Crippen LogP contribution >= 0.6 is 11.3 Å². The number of hydrazine groups is 1. The lowest BCUT2D eigenvalue weighted by molar-refractivity contribution is -0.155. The van der Waals surface area contributed by atoms with Crippen molar-refractivity contribution in [2.45, 2.75) is 18.6 Å². The van der Waals surface area contributed by atoms with E-state index in [1.807, 2.05) is 0 Å². The first-order chi connectivity index (χ1) is 6.04. The van der Waals surface area contributed by atoms with Gasteiger partial charge in [-0.2, -0.15) is 24.5 Å². The number of hydrogen-bond acceptors (Lipinski definition) is 3. The summed E-state index contributed by atoms with van der Waals surface area (Å²) in [7, 11) is 0. The Morgan fingerprint density at radius 1 is 1.54 bits per heavy atom. The van der Waals surface area contributed by atoms with E-state index >= 15 is 0 Å². The van der Waals surface area contributed by atoms with Crippen LogP contribution in [0.5, 0.6) is 0 Å². The molecule has 0 aliphatic carbocycles. The number of rotatable bonds is 3. The Balaban J connectivity index is 2.60. The Morgan fingerprint density at radius 3 is 2.62 bits per heavy atom. The molecule has 0 bridgehead atoms. The molecule has 1 unspecified atom stereocenters. The van der Waals surface area contributed by atoms with Crippen LogP contribution in [-0.4, -0.2) is 12.2 Å². The highest BCUT2D eigenvalue weighted by atomic mass is 32.1. The second-order valence-electron chi connectivity index (χ2n) is 2.60. The van der Waals surface area contributed by atoms with Gasteiger partial charge in [-0.15, -0.1) is 0 Å². The first-order valence-corrected chi connectivity index (χ1v) is 4.52. The number of nitrogens with two attached hydrogens (primary N) is 1. The van der Waals surface area contributed by atoms with Gasteiger partial charge >= 0.3 is 6.18 Å². The average Bonchev–Trinajstić information content (AvgIpc) is 2.49. The van der Waals surface area contributed by atoms with Gasteiger partial charge in [0.1, 0.15) is 6.04 Å². The van der Waals surface area contributed by atoms with Crippen molar-refractivity contribution in [3.8, 4) is 0 Å². The number of thiophene rings is 1. The van der Waals surface area contributed by atoms with E-state index in [2.05, 4.69) is 0 Å². The Hall–Kier alpha value is -0.590. The second kappa shape index (κ2) is 4.08. The van der Waals surface area contributed by atoms with Gasteiger partial charge in [-0.25, -0.2) is 5.43 Å². The minimum atomic E-state index is -4.29. The molecular weight excluding hydrogens is 201 g/mol. The molecule has 13 heavy (non-hydrogen) atoms. The molecule has 74 valence electrons. The lowest BCUT2D eigenvalue weighted by atomic mass is 10.1. The van der Waals surface area contributed by atoms with Crippen molar-refractivity contribution in [2.24, 2.45) is 5.84 Å². The molecule has 0 fully saturated rings. The van der Waals surface area contributed by atoms with Crippen LogP contribution in [0.3, 0.4) is 0 Å². The molecule has 1 heterocycles. The van der Waals surface area contributed by atoms with Gasteiger partial charge < -0.3 is 0 Å². The highest BCUT2D eigenvalue weighted by Crippen LogP contribution is 2.23. The van der Waals surface area contributed by atoms with Crippen molar-refractivity contribution in [1.29, 1.82) is 0 Å². The first-order valence-electron chi connectivity index (χ1n) is 3.58. The Kier molecular flexibility index (Phi) is 3.29. The molecule has 0 amide bonds. The molecule has 0 aliphatic rings. The van der Waals surface area contributed by atoms with Crippen LogP contribution in [0.1, 0.15) is 5.56 Å². The first kappa shape index (κ1) is 10.5. The molecule has 0 spiro atoms. The molecular formula is C7H9F3N2S. The molecule has 0 aliphatic heterocycles. The predicted octanol–water partition coefficient (Wildman–Crippen LogP) is 1.68. The monoisotopic (exact) mass is 210 g/mol. The van der Waals surface area contributed by atoms with E-state index in [1.54, 1.807) is 22.3 Å². The van der Waals surface area contributed by atoms with Crippen molar-refractivity contribution in [2.75, 3.05) is 0 Å². The lowest BCUT2D eigenvalue weighted by Crippen LogP contribution is -2.47. The van der Waals surface area contributed by atoms with Crippen molar-refractivity contribution in [3.63, 3.8) is 0 Å². The summed E-state index contributed by atoms with van der Waals surface area (Å²) < 4.78 is 36.5. The molecule has 1 atom stereocenters. The maximum Gasteiger partial charge on any atom is 0.405 e. The quantitative estimate of drug-likeness (QED) is 0.588. The number of hydrogen-bond donors (Lipinski definition) is 2. The molecule has 1 aromatic rings. The molecule has 3 N–H and O–H groups in total.